The number of hydrogen-bond acceptors (Lipinski definition) is 3. The molecule has 0 aliphatic heterocycles. The van der Waals surface area contributed by atoms with E-state index in [1.807, 2.05) is 17.9 Å². The highest BCUT2D eigenvalue weighted by Crippen LogP contribution is 2.29. The van der Waals surface area contributed by atoms with Gasteiger partial charge in [0.05, 0.1) is 17.8 Å². The second-order valence-corrected chi connectivity index (χ2v) is 7.17. The van der Waals surface area contributed by atoms with Gasteiger partial charge in [-0.25, -0.2) is 4.39 Å². The van der Waals surface area contributed by atoms with Crippen LogP contribution in [0.1, 0.15) is 46.9 Å². The van der Waals surface area contributed by atoms with Crippen molar-refractivity contribution in [3.63, 3.8) is 0 Å². The fourth-order valence-electron chi connectivity index (χ4n) is 3.18. The first-order valence-corrected chi connectivity index (χ1v) is 9.28. The quantitative estimate of drug-likeness (QED) is 0.777. The minimum Gasteiger partial charge on any atom is -0.351 e. The summed E-state index contributed by atoms with van der Waals surface area (Å²) in [6.45, 7) is 0.181. The highest BCUT2D eigenvalue weighted by Gasteiger charge is 2.24. The van der Waals surface area contributed by atoms with Gasteiger partial charge in [0.25, 0.3) is 5.91 Å². The summed E-state index contributed by atoms with van der Waals surface area (Å²) < 4.78 is 15.6. The normalized spacial score (nSPS) is 16.0. The van der Waals surface area contributed by atoms with Crippen LogP contribution in [-0.2, 0) is 18.3 Å². The van der Waals surface area contributed by atoms with Crippen LogP contribution in [0.5, 0.6) is 0 Å². The van der Waals surface area contributed by atoms with Crippen LogP contribution >= 0.6 is 15.9 Å². The van der Waals surface area contributed by atoms with Crippen molar-refractivity contribution >= 4 is 27.7 Å². The van der Waals surface area contributed by atoms with Gasteiger partial charge in [0.2, 0.25) is 5.91 Å². The van der Waals surface area contributed by atoms with Gasteiger partial charge in [-0.3, -0.25) is 14.3 Å². The fraction of sp³-hybridized carbons (Fsp3) is 0.389. The summed E-state index contributed by atoms with van der Waals surface area (Å²) in [7, 11) is 1.91. The molecule has 26 heavy (non-hydrogen) atoms. The van der Waals surface area contributed by atoms with Crippen molar-refractivity contribution in [1.29, 1.82) is 0 Å². The number of amides is 2. The van der Waals surface area contributed by atoms with E-state index < -0.39 is 11.7 Å². The topological polar surface area (TPSA) is 76.0 Å². The average molecular weight is 423 g/mol. The first-order valence-electron chi connectivity index (χ1n) is 8.49. The van der Waals surface area contributed by atoms with Crippen molar-refractivity contribution in [2.75, 3.05) is 6.54 Å². The number of nitrogens with one attached hydrogen (secondary N) is 2. The lowest BCUT2D eigenvalue weighted by Gasteiger charge is -2.23. The minimum atomic E-state index is -0.485. The molecular weight excluding hydrogens is 403 g/mol. The molecule has 1 unspecified atom stereocenters. The number of hydrogen-bond donors (Lipinski definition) is 2. The van der Waals surface area contributed by atoms with Crippen molar-refractivity contribution in [1.82, 2.24) is 20.4 Å². The molecule has 0 fully saturated rings. The van der Waals surface area contributed by atoms with Crippen LogP contribution in [0.4, 0.5) is 4.39 Å². The molecule has 2 N–H and O–H groups in total. The van der Waals surface area contributed by atoms with Crippen LogP contribution in [-0.4, -0.2) is 28.1 Å². The van der Waals surface area contributed by atoms with E-state index in [9.17, 15) is 14.0 Å². The maximum atomic E-state index is 13.3. The molecule has 1 aliphatic rings. The summed E-state index contributed by atoms with van der Waals surface area (Å²) >= 11 is 3.22. The number of carbonyl (C=O) groups is 2. The summed E-state index contributed by atoms with van der Waals surface area (Å²) in [6, 6.07) is 3.87. The van der Waals surface area contributed by atoms with E-state index in [0.717, 1.165) is 36.6 Å². The lowest BCUT2D eigenvalue weighted by molar-refractivity contribution is -0.121. The number of halogens is 2. The standard InChI is InChI=1S/C18H20BrFN4O2/c1-24-16-4-2-3-15(13(16)10-22-24)23-17(25)7-8-21-18(26)12-9-11(20)5-6-14(12)19/h5-6,9-10,15H,2-4,7-8H2,1H3,(H,21,26)(H,23,25). The molecule has 3 rings (SSSR count). The predicted octanol–water partition coefficient (Wildman–Crippen LogP) is 2.64. The van der Waals surface area contributed by atoms with Gasteiger partial charge < -0.3 is 10.6 Å². The monoisotopic (exact) mass is 422 g/mol. The second kappa shape index (κ2) is 7.99. The summed E-state index contributed by atoms with van der Waals surface area (Å²) in [5.74, 6) is -1.04. The smallest absolute Gasteiger partial charge is 0.252 e. The molecule has 0 radical (unpaired) electrons. The molecule has 0 saturated carbocycles. The highest BCUT2D eigenvalue weighted by molar-refractivity contribution is 9.10. The zero-order valence-electron chi connectivity index (χ0n) is 14.4. The maximum Gasteiger partial charge on any atom is 0.252 e. The van der Waals surface area contributed by atoms with Crippen LogP contribution in [0.2, 0.25) is 0 Å². The van der Waals surface area contributed by atoms with Crippen molar-refractivity contribution < 1.29 is 14.0 Å². The average Bonchev–Trinajstić information content (AvgIpc) is 2.99. The van der Waals surface area contributed by atoms with Gasteiger partial charge in [0.1, 0.15) is 5.82 Å². The third-order valence-electron chi connectivity index (χ3n) is 4.52. The largest absolute Gasteiger partial charge is 0.351 e. The van der Waals surface area contributed by atoms with E-state index in [1.54, 1.807) is 0 Å². The number of fused-ring (bicyclic) bond motifs is 1. The van der Waals surface area contributed by atoms with E-state index in [2.05, 4.69) is 31.7 Å². The Morgan fingerprint density at radius 2 is 2.23 bits per heavy atom. The Balaban J connectivity index is 1.51. The Hall–Kier alpha value is -2.22. The van der Waals surface area contributed by atoms with Crippen LogP contribution < -0.4 is 10.6 Å². The van der Waals surface area contributed by atoms with E-state index in [-0.39, 0.29) is 30.5 Å². The third-order valence-corrected chi connectivity index (χ3v) is 5.21. The van der Waals surface area contributed by atoms with Crippen molar-refractivity contribution in [3.8, 4) is 0 Å². The molecule has 8 heteroatoms. The van der Waals surface area contributed by atoms with E-state index >= 15 is 0 Å². The van der Waals surface area contributed by atoms with Gasteiger partial charge in [-0.05, 0) is 53.4 Å². The van der Waals surface area contributed by atoms with Gasteiger partial charge in [-0.2, -0.15) is 5.10 Å². The zero-order chi connectivity index (χ0) is 18.7. The van der Waals surface area contributed by atoms with Crippen molar-refractivity contribution in [2.45, 2.75) is 31.7 Å². The van der Waals surface area contributed by atoms with E-state index in [4.69, 9.17) is 0 Å². The SMILES string of the molecule is Cn1ncc2c1CCCC2NC(=O)CCNC(=O)c1cc(F)ccc1Br. The molecule has 1 heterocycles. The molecule has 1 atom stereocenters. The van der Waals surface area contributed by atoms with Gasteiger partial charge in [0, 0.05) is 35.7 Å². The van der Waals surface area contributed by atoms with E-state index in [1.165, 1.54) is 12.1 Å². The minimum absolute atomic E-state index is 0.0342. The lowest BCUT2D eigenvalue weighted by atomic mass is 9.93. The molecule has 2 aromatic rings. The molecule has 1 aromatic heterocycles. The Morgan fingerprint density at radius 3 is 3.04 bits per heavy atom. The highest BCUT2D eigenvalue weighted by atomic mass is 79.9. The number of nitrogens with zero attached hydrogens (tertiary/aromatic N) is 2. The maximum absolute atomic E-state index is 13.3. The third kappa shape index (κ3) is 4.12. The van der Waals surface area contributed by atoms with Gasteiger partial charge in [-0.1, -0.05) is 0 Å². The summed E-state index contributed by atoms with van der Waals surface area (Å²) in [6.07, 6.45) is 4.82. The zero-order valence-corrected chi connectivity index (χ0v) is 16.0. The molecule has 1 aliphatic carbocycles. The number of aromatic nitrogens is 2. The van der Waals surface area contributed by atoms with Crippen molar-refractivity contribution in [2.24, 2.45) is 7.05 Å². The van der Waals surface area contributed by atoms with Gasteiger partial charge in [-0.15, -0.1) is 0 Å². The Kier molecular flexibility index (Phi) is 5.70. The van der Waals surface area contributed by atoms with Gasteiger partial charge in [0.15, 0.2) is 0 Å². The predicted molar refractivity (Wildman–Crippen MR) is 98.1 cm³/mol. The van der Waals surface area contributed by atoms with Crippen molar-refractivity contribution in [3.05, 3.63) is 51.5 Å². The fourth-order valence-corrected chi connectivity index (χ4v) is 3.61. The molecule has 6 nitrogen and oxygen atoms in total. The Labute approximate surface area is 159 Å². The Bertz CT molecular complexity index is 837. The molecule has 0 spiro atoms. The number of benzene rings is 1. The number of carbonyl (C=O) groups excluding carboxylic acids is 2. The molecule has 0 saturated heterocycles. The van der Waals surface area contributed by atoms with Crippen LogP contribution in [0.25, 0.3) is 0 Å². The number of rotatable bonds is 5. The summed E-state index contributed by atoms with van der Waals surface area (Å²) in [5, 5.41) is 9.92. The molecule has 0 bridgehead atoms. The first kappa shape index (κ1) is 18.6. The molecule has 138 valence electrons. The van der Waals surface area contributed by atoms with Crippen LogP contribution in [0.15, 0.2) is 28.9 Å². The second-order valence-electron chi connectivity index (χ2n) is 6.31. The molecule has 2 amide bonds. The Morgan fingerprint density at radius 1 is 1.42 bits per heavy atom. The summed E-state index contributed by atoms with van der Waals surface area (Å²) in [4.78, 5) is 24.3. The van der Waals surface area contributed by atoms with Crippen LogP contribution in [0, 0.1) is 5.82 Å². The van der Waals surface area contributed by atoms with Gasteiger partial charge >= 0.3 is 0 Å². The lowest BCUT2D eigenvalue weighted by Crippen LogP contribution is -2.34. The number of aryl methyl sites for hydroxylation is 1. The molecular formula is C18H20BrFN4O2. The van der Waals surface area contributed by atoms with Crippen LogP contribution in [0.3, 0.4) is 0 Å². The first-order chi connectivity index (χ1) is 12.5. The van der Waals surface area contributed by atoms with E-state index in [0.29, 0.717) is 4.47 Å². The molecule has 1 aromatic carbocycles. The summed E-state index contributed by atoms with van der Waals surface area (Å²) in [5.41, 5.74) is 2.43.